The Bertz CT molecular complexity index is 109. The maximum atomic E-state index is 9.35. The van der Waals surface area contributed by atoms with E-state index in [2.05, 4.69) is 4.31 Å². The van der Waals surface area contributed by atoms with Gasteiger partial charge in [0, 0.05) is 4.57 Å². The maximum Gasteiger partial charge on any atom is 1.00 e. The molecule has 5 nitrogen and oxygen atoms in total. The first kappa shape index (κ1) is 18.4. The molecule has 0 amide bonds. The second-order valence-corrected chi connectivity index (χ2v) is 3.03. The first-order valence-corrected chi connectivity index (χ1v) is 4.94. The van der Waals surface area contributed by atoms with Crippen molar-refractivity contribution in [3.05, 3.63) is 0 Å². The van der Waals surface area contributed by atoms with Crippen LogP contribution >= 0.6 is 39.7 Å². The number of hydrogen-bond acceptors (Lipinski definition) is 4. The molecule has 0 aliphatic carbocycles. The standard InChI is InChI=1S/CH2Cl2.Na.O5P2/c2-1-3;;1-6(2)5-7(3)4/h1H2;;/q;+1;/p+1. The van der Waals surface area contributed by atoms with Gasteiger partial charge in [-0.15, -0.1) is 28.1 Å². The number of alkyl halides is 2. The molecule has 60 valence electrons. The molecule has 0 radical (unpaired) electrons. The third-order valence-electron chi connectivity index (χ3n) is 0.137. The van der Waals surface area contributed by atoms with Gasteiger partial charge in [-0.25, -0.2) is 0 Å². The normalized spacial score (nSPS) is 10.2. The summed E-state index contributed by atoms with van der Waals surface area (Å²) in [5, 5.41) is 0.194. The summed E-state index contributed by atoms with van der Waals surface area (Å²) in [7, 11) is -6.16. The van der Waals surface area contributed by atoms with Gasteiger partial charge in [0.1, 0.15) is 4.31 Å². The van der Waals surface area contributed by atoms with Gasteiger partial charge in [0.25, 0.3) is 0 Å². The van der Waals surface area contributed by atoms with E-state index in [1.165, 1.54) is 0 Å². The Balaban J connectivity index is -0.000000140. The van der Waals surface area contributed by atoms with Gasteiger partial charge in [-0.3, -0.25) is 0 Å². The summed E-state index contributed by atoms with van der Waals surface area (Å²) < 4.78 is 21.9. The van der Waals surface area contributed by atoms with E-state index in [4.69, 9.17) is 28.1 Å². The number of rotatable bonds is 2. The molecule has 10 heteroatoms. The van der Waals surface area contributed by atoms with E-state index >= 15 is 0 Å². The Kier molecular flexibility index (Phi) is 23.8. The minimum absolute atomic E-state index is 0. The Labute approximate surface area is 97.2 Å². The molecular formula is CH3Cl2NaO5P2+2. The molecule has 2 atom stereocenters. The van der Waals surface area contributed by atoms with Crippen LogP contribution in [0, 0.1) is 0 Å². The van der Waals surface area contributed by atoms with Crippen molar-refractivity contribution >= 4 is 39.7 Å². The largest absolute Gasteiger partial charge is 1.00 e. The minimum atomic E-state index is -3.17. The van der Waals surface area contributed by atoms with E-state index in [1.807, 2.05) is 0 Å². The van der Waals surface area contributed by atoms with E-state index in [-0.39, 0.29) is 34.9 Å². The van der Waals surface area contributed by atoms with Gasteiger partial charge < -0.3 is 4.89 Å². The molecule has 2 unspecified atom stereocenters. The molecule has 0 saturated carbocycles. The van der Waals surface area contributed by atoms with Crippen molar-refractivity contribution in [3.63, 3.8) is 0 Å². The zero-order chi connectivity index (χ0) is 8.57. The molecule has 0 aliphatic heterocycles. The van der Waals surface area contributed by atoms with Gasteiger partial charge >= 0.3 is 46.1 Å². The molecule has 0 fully saturated rings. The Hall–Kier alpha value is 1.66. The van der Waals surface area contributed by atoms with Gasteiger partial charge in [0.2, 0.25) is 0 Å². The van der Waals surface area contributed by atoms with Crippen molar-refractivity contribution < 1.29 is 52.8 Å². The molecule has 0 heterocycles. The Morgan fingerprint density at radius 2 is 1.73 bits per heavy atom. The molecule has 0 saturated heterocycles. The first-order chi connectivity index (χ1) is 4.54. The monoisotopic (exact) mass is 250 g/mol. The minimum Gasteiger partial charge on any atom is -0.563 e. The van der Waals surface area contributed by atoms with Crippen LogP contribution in [0.15, 0.2) is 0 Å². The average Bonchev–Trinajstić information content (AvgIpc) is 1.62. The first-order valence-electron chi connectivity index (χ1n) is 1.65. The van der Waals surface area contributed by atoms with Crippen LogP contribution in [0.1, 0.15) is 0 Å². The molecule has 0 aromatic rings. The van der Waals surface area contributed by atoms with E-state index in [9.17, 15) is 14.0 Å². The molecule has 0 aliphatic rings. The molecule has 1 N–H and O–H groups in total. The number of halogens is 2. The van der Waals surface area contributed by atoms with Crippen LogP contribution in [0.4, 0.5) is 0 Å². The van der Waals surface area contributed by atoms with Crippen LogP contribution in [0.5, 0.6) is 0 Å². The maximum absolute atomic E-state index is 9.35. The summed E-state index contributed by atoms with van der Waals surface area (Å²) in [5.41, 5.74) is 0. The summed E-state index contributed by atoms with van der Waals surface area (Å²) in [5.74, 6) is 0. The molecule has 0 spiro atoms. The van der Waals surface area contributed by atoms with Crippen molar-refractivity contribution in [1.29, 1.82) is 0 Å². The molecule has 0 bridgehead atoms. The molecule has 0 aromatic heterocycles. The predicted octanol–water partition coefficient (Wildman–Crippen LogP) is -1.90. The zero-order valence-corrected chi connectivity index (χ0v) is 10.7. The quantitative estimate of drug-likeness (QED) is 0.351. The van der Waals surface area contributed by atoms with E-state index in [0.717, 1.165) is 0 Å². The van der Waals surface area contributed by atoms with Gasteiger partial charge in [-0.2, -0.15) is 0 Å². The average molecular weight is 251 g/mol. The third-order valence-corrected chi connectivity index (χ3v) is 1.23. The fourth-order valence-electron chi connectivity index (χ4n) is 0.0570. The summed E-state index contributed by atoms with van der Waals surface area (Å²) >= 11 is 9.53. The summed E-state index contributed by atoms with van der Waals surface area (Å²) in [6.07, 6.45) is 0. The van der Waals surface area contributed by atoms with Crippen LogP contribution in [0.3, 0.4) is 0 Å². The SMILES string of the molecule is ClCCl.O=[P+]([O-])O[P+](=O)O.[Na+]. The van der Waals surface area contributed by atoms with Gasteiger partial charge in [0.05, 0.1) is 5.34 Å². The van der Waals surface area contributed by atoms with Gasteiger partial charge in [0.15, 0.2) is 0 Å². The van der Waals surface area contributed by atoms with E-state index in [0.29, 0.717) is 0 Å². The van der Waals surface area contributed by atoms with Crippen LogP contribution in [-0.4, -0.2) is 10.2 Å². The van der Waals surface area contributed by atoms with Gasteiger partial charge in [-0.1, -0.05) is 0 Å². The van der Waals surface area contributed by atoms with Crippen molar-refractivity contribution in [3.8, 4) is 0 Å². The van der Waals surface area contributed by atoms with Crippen molar-refractivity contribution in [1.82, 2.24) is 0 Å². The topological polar surface area (TPSA) is 86.7 Å². The van der Waals surface area contributed by atoms with Gasteiger partial charge in [-0.05, 0) is 4.57 Å². The predicted molar refractivity (Wildman–Crippen MR) is 35.1 cm³/mol. The van der Waals surface area contributed by atoms with Crippen LogP contribution in [0.2, 0.25) is 0 Å². The summed E-state index contributed by atoms with van der Waals surface area (Å²) in [6, 6.07) is 0. The van der Waals surface area contributed by atoms with Crippen LogP contribution < -0.4 is 34.5 Å². The van der Waals surface area contributed by atoms with Crippen molar-refractivity contribution in [2.24, 2.45) is 0 Å². The Morgan fingerprint density at radius 1 is 1.45 bits per heavy atom. The molecule has 0 rings (SSSR count). The smallest absolute Gasteiger partial charge is 0.563 e. The molecular weight excluding hydrogens is 248 g/mol. The van der Waals surface area contributed by atoms with Crippen LogP contribution in [0.25, 0.3) is 0 Å². The van der Waals surface area contributed by atoms with Crippen molar-refractivity contribution in [2.45, 2.75) is 0 Å². The van der Waals surface area contributed by atoms with Crippen LogP contribution in [-0.2, 0) is 13.4 Å². The van der Waals surface area contributed by atoms with E-state index < -0.39 is 16.5 Å². The fourth-order valence-corrected chi connectivity index (χ4v) is 0.513. The summed E-state index contributed by atoms with van der Waals surface area (Å²) in [6.45, 7) is 0. The van der Waals surface area contributed by atoms with E-state index in [1.54, 1.807) is 0 Å². The zero-order valence-electron chi connectivity index (χ0n) is 5.44. The summed E-state index contributed by atoms with van der Waals surface area (Å²) in [4.78, 5) is 16.9. The van der Waals surface area contributed by atoms with Crippen molar-refractivity contribution in [2.75, 3.05) is 5.34 Å². The fraction of sp³-hybridized carbons (Fsp3) is 1.00. The Morgan fingerprint density at radius 3 is 1.73 bits per heavy atom. The number of hydrogen-bond donors (Lipinski definition) is 1. The molecule has 11 heavy (non-hydrogen) atoms. The molecule has 0 aromatic carbocycles. The third kappa shape index (κ3) is 34.0. The second kappa shape index (κ2) is 14.2. The second-order valence-electron chi connectivity index (χ2n) is 0.644.